The van der Waals surface area contributed by atoms with Gasteiger partial charge in [0.1, 0.15) is 11.5 Å². The van der Waals surface area contributed by atoms with Crippen molar-refractivity contribution in [2.24, 2.45) is 0 Å². The smallest absolute Gasteiger partial charge is 0.199 e. The minimum Gasteiger partial charge on any atom is -0.494 e. The summed E-state index contributed by atoms with van der Waals surface area (Å²) in [5, 5.41) is 0. The standard InChI is InChI=1S/C13H18O3/c1-2-14-11-6-8-12(9-7-11)16-13-5-3-4-10-15-13/h6-9,13H,2-5,10H2,1H3. The molecule has 3 nitrogen and oxygen atoms in total. The molecule has 0 N–H and O–H groups in total. The van der Waals surface area contributed by atoms with Crippen molar-refractivity contribution in [1.82, 2.24) is 0 Å². The number of ether oxygens (including phenoxy) is 3. The first-order chi connectivity index (χ1) is 7.88. The molecule has 1 aliphatic rings. The Balaban J connectivity index is 1.88. The molecular formula is C13H18O3. The van der Waals surface area contributed by atoms with E-state index in [1.807, 2.05) is 31.2 Å². The normalized spacial score (nSPS) is 20.4. The molecule has 1 aromatic rings. The van der Waals surface area contributed by atoms with Crippen LogP contribution in [0.1, 0.15) is 26.2 Å². The van der Waals surface area contributed by atoms with Gasteiger partial charge in [-0.2, -0.15) is 0 Å². The summed E-state index contributed by atoms with van der Waals surface area (Å²) >= 11 is 0. The summed E-state index contributed by atoms with van der Waals surface area (Å²) in [6, 6.07) is 7.68. The molecule has 1 saturated heterocycles. The van der Waals surface area contributed by atoms with Crippen LogP contribution in [0, 0.1) is 0 Å². The van der Waals surface area contributed by atoms with Gasteiger partial charge in [0.25, 0.3) is 0 Å². The summed E-state index contributed by atoms with van der Waals surface area (Å²) in [5.74, 6) is 1.72. The molecule has 1 fully saturated rings. The van der Waals surface area contributed by atoms with Crippen molar-refractivity contribution in [1.29, 1.82) is 0 Å². The molecule has 2 rings (SSSR count). The van der Waals surface area contributed by atoms with Gasteiger partial charge in [-0.3, -0.25) is 0 Å². The Morgan fingerprint density at radius 1 is 1.19 bits per heavy atom. The first kappa shape index (κ1) is 11.3. The molecule has 1 aliphatic heterocycles. The summed E-state index contributed by atoms with van der Waals surface area (Å²) < 4.78 is 16.6. The van der Waals surface area contributed by atoms with E-state index in [-0.39, 0.29) is 6.29 Å². The fourth-order valence-electron chi connectivity index (χ4n) is 1.74. The van der Waals surface area contributed by atoms with Crippen LogP contribution in [0.3, 0.4) is 0 Å². The summed E-state index contributed by atoms with van der Waals surface area (Å²) in [4.78, 5) is 0. The van der Waals surface area contributed by atoms with Gasteiger partial charge in [0.15, 0.2) is 6.29 Å². The van der Waals surface area contributed by atoms with Crippen LogP contribution >= 0.6 is 0 Å². The van der Waals surface area contributed by atoms with Gasteiger partial charge in [0.2, 0.25) is 0 Å². The third-order valence-corrected chi connectivity index (χ3v) is 2.54. The van der Waals surface area contributed by atoms with Gasteiger partial charge < -0.3 is 14.2 Å². The lowest BCUT2D eigenvalue weighted by atomic mass is 10.2. The highest BCUT2D eigenvalue weighted by Crippen LogP contribution is 2.21. The van der Waals surface area contributed by atoms with Gasteiger partial charge in [-0.15, -0.1) is 0 Å². The predicted octanol–water partition coefficient (Wildman–Crippen LogP) is 2.99. The molecule has 16 heavy (non-hydrogen) atoms. The molecule has 1 atom stereocenters. The third kappa shape index (κ3) is 3.14. The molecule has 3 heteroatoms. The van der Waals surface area contributed by atoms with E-state index in [0.717, 1.165) is 30.9 Å². The van der Waals surface area contributed by atoms with Crippen LogP contribution in [0.15, 0.2) is 24.3 Å². The van der Waals surface area contributed by atoms with Crippen LogP contribution in [0.4, 0.5) is 0 Å². The second-order valence-corrected chi connectivity index (χ2v) is 3.82. The van der Waals surface area contributed by atoms with Crippen molar-refractivity contribution in [3.05, 3.63) is 24.3 Å². The molecule has 0 bridgehead atoms. The molecule has 1 unspecified atom stereocenters. The van der Waals surface area contributed by atoms with Crippen molar-refractivity contribution in [3.63, 3.8) is 0 Å². The molecule has 0 aliphatic carbocycles. The highest BCUT2D eigenvalue weighted by atomic mass is 16.7. The van der Waals surface area contributed by atoms with E-state index in [9.17, 15) is 0 Å². The predicted molar refractivity (Wildman–Crippen MR) is 61.8 cm³/mol. The second kappa shape index (κ2) is 5.75. The molecule has 88 valence electrons. The fourth-order valence-corrected chi connectivity index (χ4v) is 1.74. The van der Waals surface area contributed by atoms with Gasteiger partial charge in [-0.25, -0.2) is 0 Å². The van der Waals surface area contributed by atoms with E-state index in [1.165, 1.54) is 6.42 Å². The molecule has 0 saturated carbocycles. The Labute approximate surface area is 96.3 Å². The van der Waals surface area contributed by atoms with E-state index in [2.05, 4.69) is 0 Å². The largest absolute Gasteiger partial charge is 0.494 e. The van der Waals surface area contributed by atoms with Crippen molar-refractivity contribution < 1.29 is 14.2 Å². The maximum Gasteiger partial charge on any atom is 0.199 e. The minimum atomic E-state index is -0.0771. The lowest BCUT2D eigenvalue weighted by molar-refractivity contribution is -0.105. The molecule has 0 radical (unpaired) electrons. The second-order valence-electron chi connectivity index (χ2n) is 3.82. The van der Waals surface area contributed by atoms with E-state index < -0.39 is 0 Å². The van der Waals surface area contributed by atoms with Gasteiger partial charge in [0, 0.05) is 6.42 Å². The zero-order valence-electron chi connectivity index (χ0n) is 9.65. The van der Waals surface area contributed by atoms with Gasteiger partial charge in [0.05, 0.1) is 13.2 Å². The van der Waals surface area contributed by atoms with Gasteiger partial charge >= 0.3 is 0 Å². The van der Waals surface area contributed by atoms with E-state index in [4.69, 9.17) is 14.2 Å². The number of hydrogen-bond donors (Lipinski definition) is 0. The van der Waals surface area contributed by atoms with Crippen molar-refractivity contribution in [2.75, 3.05) is 13.2 Å². The number of hydrogen-bond acceptors (Lipinski definition) is 3. The Morgan fingerprint density at radius 3 is 2.56 bits per heavy atom. The third-order valence-electron chi connectivity index (χ3n) is 2.54. The van der Waals surface area contributed by atoms with Crippen molar-refractivity contribution in [3.8, 4) is 11.5 Å². The number of rotatable bonds is 4. The molecule has 0 aromatic heterocycles. The Bertz CT molecular complexity index is 301. The van der Waals surface area contributed by atoms with Crippen molar-refractivity contribution in [2.45, 2.75) is 32.5 Å². The summed E-state index contributed by atoms with van der Waals surface area (Å²) in [6.45, 7) is 3.47. The van der Waals surface area contributed by atoms with Gasteiger partial charge in [-0.05, 0) is 44.0 Å². The molecule has 0 spiro atoms. The zero-order valence-corrected chi connectivity index (χ0v) is 9.65. The summed E-state index contributed by atoms with van der Waals surface area (Å²) in [7, 11) is 0. The average Bonchev–Trinajstić information content (AvgIpc) is 2.33. The average molecular weight is 222 g/mol. The lowest BCUT2D eigenvalue weighted by Crippen LogP contribution is -2.24. The Hall–Kier alpha value is -1.22. The first-order valence-electron chi connectivity index (χ1n) is 5.89. The highest BCUT2D eigenvalue weighted by molar-refractivity contribution is 5.31. The van der Waals surface area contributed by atoms with Crippen LogP contribution < -0.4 is 9.47 Å². The maximum absolute atomic E-state index is 5.71. The summed E-state index contributed by atoms with van der Waals surface area (Å²) in [5.41, 5.74) is 0. The lowest BCUT2D eigenvalue weighted by Gasteiger charge is -2.23. The van der Waals surface area contributed by atoms with E-state index >= 15 is 0 Å². The molecule has 0 amide bonds. The van der Waals surface area contributed by atoms with Crippen molar-refractivity contribution >= 4 is 0 Å². The molecular weight excluding hydrogens is 204 g/mol. The van der Waals surface area contributed by atoms with Crippen LogP contribution in [0.2, 0.25) is 0 Å². The van der Waals surface area contributed by atoms with Crippen LogP contribution in [-0.2, 0) is 4.74 Å². The molecule has 1 aromatic carbocycles. The van der Waals surface area contributed by atoms with E-state index in [0.29, 0.717) is 6.61 Å². The summed E-state index contributed by atoms with van der Waals surface area (Å²) in [6.07, 6.45) is 3.23. The monoisotopic (exact) mass is 222 g/mol. The van der Waals surface area contributed by atoms with Gasteiger partial charge in [-0.1, -0.05) is 0 Å². The van der Waals surface area contributed by atoms with Crippen LogP contribution in [0.5, 0.6) is 11.5 Å². The Kier molecular flexibility index (Phi) is 4.05. The van der Waals surface area contributed by atoms with E-state index in [1.54, 1.807) is 0 Å². The van der Waals surface area contributed by atoms with Crippen LogP contribution in [-0.4, -0.2) is 19.5 Å². The zero-order chi connectivity index (χ0) is 11.2. The highest BCUT2D eigenvalue weighted by Gasteiger charge is 2.14. The quantitative estimate of drug-likeness (QED) is 0.783. The van der Waals surface area contributed by atoms with Crippen LogP contribution in [0.25, 0.3) is 0 Å². The SMILES string of the molecule is CCOc1ccc(OC2CCCCO2)cc1. The topological polar surface area (TPSA) is 27.7 Å². The minimum absolute atomic E-state index is 0.0771. The number of benzene rings is 1. The maximum atomic E-state index is 5.71. The fraction of sp³-hybridized carbons (Fsp3) is 0.538. The Morgan fingerprint density at radius 2 is 1.94 bits per heavy atom. The first-order valence-corrected chi connectivity index (χ1v) is 5.89. The molecule has 1 heterocycles.